The zero-order chi connectivity index (χ0) is 29.5. The molecule has 0 heterocycles. The third kappa shape index (κ3) is 10.8. The van der Waals surface area contributed by atoms with Gasteiger partial charge in [0.25, 0.3) is 0 Å². The third-order valence-electron chi connectivity index (χ3n) is 6.20. The zero-order valence-electron chi connectivity index (χ0n) is 23.5. The summed E-state index contributed by atoms with van der Waals surface area (Å²) in [6.07, 6.45) is 5.93. The van der Waals surface area contributed by atoms with Gasteiger partial charge in [0.05, 0.1) is 12.2 Å². The van der Waals surface area contributed by atoms with Gasteiger partial charge in [-0.2, -0.15) is 4.39 Å². The monoisotopic (exact) mass is 570 g/mol. The average Bonchev–Trinajstić information content (AvgIpc) is 2.98. The van der Waals surface area contributed by atoms with E-state index in [1.807, 2.05) is 19.1 Å². The average molecular weight is 571 g/mol. The molecule has 0 unspecified atom stereocenters. The third-order valence-corrected chi connectivity index (χ3v) is 6.20. The van der Waals surface area contributed by atoms with E-state index in [4.69, 9.17) is 23.7 Å². The molecule has 41 heavy (non-hydrogen) atoms. The number of carbonyl (C=O) groups is 2. The number of ether oxygens (including phenoxy) is 5. The van der Waals surface area contributed by atoms with Crippen molar-refractivity contribution in [3.63, 3.8) is 0 Å². The van der Waals surface area contributed by atoms with E-state index in [0.717, 1.165) is 44.1 Å². The zero-order valence-corrected chi connectivity index (χ0v) is 23.5. The smallest absolute Gasteiger partial charge is 0.343 e. The van der Waals surface area contributed by atoms with Crippen LogP contribution in [0.2, 0.25) is 0 Å². The number of aryl methyl sites for hydroxylation is 2. The first kappa shape index (κ1) is 31.5. The van der Waals surface area contributed by atoms with Gasteiger partial charge in [-0.15, -0.1) is 0 Å². The number of carbonyl (C=O) groups excluding carboxylic acids is 2. The Morgan fingerprint density at radius 1 is 0.756 bits per heavy atom. The summed E-state index contributed by atoms with van der Waals surface area (Å²) in [6, 6.07) is 16.4. The molecular weight excluding hydrogens is 534 g/mol. The molecule has 0 amide bonds. The van der Waals surface area contributed by atoms with Crippen LogP contribution in [0.5, 0.6) is 17.2 Å². The van der Waals surface area contributed by atoms with Crippen LogP contribution in [-0.4, -0.2) is 38.6 Å². The number of esters is 2. The van der Waals surface area contributed by atoms with E-state index in [1.165, 1.54) is 19.1 Å². The van der Waals surface area contributed by atoms with E-state index < -0.39 is 17.6 Å². The van der Waals surface area contributed by atoms with Crippen molar-refractivity contribution in [1.29, 1.82) is 0 Å². The van der Waals surface area contributed by atoms with Gasteiger partial charge in [-0.1, -0.05) is 37.5 Å². The van der Waals surface area contributed by atoms with Crippen molar-refractivity contribution in [2.24, 2.45) is 0 Å². The van der Waals surface area contributed by atoms with Gasteiger partial charge in [0.15, 0.2) is 11.6 Å². The number of hydrogen-bond donors (Lipinski definition) is 0. The van der Waals surface area contributed by atoms with Crippen LogP contribution >= 0.6 is 0 Å². The summed E-state index contributed by atoms with van der Waals surface area (Å²) < 4.78 is 53.6. The molecule has 0 aliphatic heterocycles. The summed E-state index contributed by atoms with van der Waals surface area (Å²) in [5.74, 6) is -2.32. The van der Waals surface area contributed by atoms with Gasteiger partial charge >= 0.3 is 11.9 Å². The second kappa shape index (κ2) is 17.0. The van der Waals surface area contributed by atoms with E-state index >= 15 is 0 Å². The molecule has 0 atom stereocenters. The van der Waals surface area contributed by atoms with Crippen molar-refractivity contribution >= 4 is 11.9 Å². The molecule has 0 bridgehead atoms. The van der Waals surface area contributed by atoms with Crippen LogP contribution in [0.3, 0.4) is 0 Å². The largest absolute Gasteiger partial charge is 0.464 e. The molecule has 0 radical (unpaired) electrons. The van der Waals surface area contributed by atoms with Crippen molar-refractivity contribution < 1.29 is 42.1 Å². The summed E-state index contributed by atoms with van der Waals surface area (Å²) in [4.78, 5) is 23.9. The van der Waals surface area contributed by atoms with Crippen LogP contribution in [0.1, 0.15) is 60.5 Å². The van der Waals surface area contributed by atoms with Gasteiger partial charge in [-0.25, -0.2) is 14.0 Å². The fourth-order valence-electron chi connectivity index (χ4n) is 3.85. The van der Waals surface area contributed by atoms with Crippen molar-refractivity contribution in [3.8, 4) is 17.2 Å². The van der Waals surface area contributed by atoms with Gasteiger partial charge in [0.2, 0.25) is 12.6 Å². The number of hydrogen-bond acceptors (Lipinski definition) is 7. The maximum absolute atomic E-state index is 13.9. The Bertz CT molecular complexity index is 1240. The van der Waals surface area contributed by atoms with Crippen molar-refractivity contribution in [2.75, 3.05) is 26.6 Å². The van der Waals surface area contributed by atoms with Crippen LogP contribution in [0.15, 0.2) is 60.7 Å². The number of rotatable bonds is 17. The van der Waals surface area contributed by atoms with Crippen molar-refractivity contribution in [2.45, 2.75) is 52.4 Å². The highest BCUT2D eigenvalue weighted by molar-refractivity contribution is 5.91. The summed E-state index contributed by atoms with van der Waals surface area (Å²) in [5, 5.41) is 0. The normalized spacial score (nSPS) is 10.7. The minimum atomic E-state index is -1.06. The molecule has 0 aromatic heterocycles. The first-order valence-corrected chi connectivity index (χ1v) is 13.7. The SMILES string of the molecule is CCOCC(=O)OCCCCCCCc1ccc(C(=O)Oc2ccc(OCOc3ccc(C)c(F)c3F)cc2)cc1. The lowest BCUT2D eigenvalue weighted by Crippen LogP contribution is -2.13. The molecule has 0 spiro atoms. The second-order valence-electron chi connectivity index (χ2n) is 9.35. The Kier molecular flexibility index (Phi) is 13.1. The quantitative estimate of drug-likeness (QED) is 0.0750. The number of unbranched alkanes of at least 4 members (excludes halogenated alkanes) is 4. The van der Waals surface area contributed by atoms with Crippen LogP contribution in [0, 0.1) is 18.6 Å². The molecule has 0 saturated carbocycles. The molecule has 0 aliphatic carbocycles. The topological polar surface area (TPSA) is 80.3 Å². The first-order chi connectivity index (χ1) is 19.9. The Morgan fingerprint density at radius 2 is 1.44 bits per heavy atom. The van der Waals surface area contributed by atoms with Crippen LogP contribution in [-0.2, 0) is 20.7 Å². The highest BCUT2D eigenvalue weighted by Gasteiger charge is 2.13. The van der Waals surface area contributed by atoms with Gasteiger partial charge in [-0.05, 0) is 86.7 Å². The molecular formula is C32H36F2O7. The van der Waals surface area contributed by atoms with Gasteiger partial charge in [0, 0.05) is 6.61 Å². The van der Waals surface area contributed by atoms with Gasteiger partial charge in [-0.3, -0.25) is 0 Å². The van der Waals surface area contributed by atoms with E-state index in [0.29, 0.717) is 30.3 Å². The Hall–Kier alpha value is -3.98. The van der Waals surface area contributed by atoms with E-state index in [9.17, 15) is 18.4 Å². The maximum atomic E-state index is 13.9. The predicted octanol–water partition coefficient (Wildman–Crippen LogP) is 6.98. The van der Waals surface area contributed by atoms with Gasteiger partial charge in [0.1, 0.15) is 18.1 Å². The Labute approximate surface area is 239 Å². The molecule has 3 aromatic carbocycles. The molecule has 0 saturated heterocycles. The minimum Gasteiger partial charge on any atom is -0.464 e. The number of benzene rings is 3. The lowest BCUT2D eigenvalue weighted by atomic mass is 10.0. The van der Waals surface area contributed by atoms with Gasteiger partial charge < -0.3 is 23.7 Å². The lowest BCUT2D eigenvalue weighted by molar-refractivity contribution is -0.148. The Balaban J connectivity index is 1.31. The standard InChI is InChI=1S/C32H36F2O7/c1-3-37-21-29(35)38-20-8-6-4-5-7-9-24-11-13-25(14-12-24)32(36)41-27-17-15-26(16-18-27)39-22-40-28-19-10-23(2)30(33)31(28)34/h10-19H,3-9,20-22H2,1-2H3. The summed E-state index contributed by atoms with van der Waals surface area (Å²) >= 11 is 0. The number of halogens is 2. The Morgan fingerprint density at radius 3 is 2.17 bits per heavy atom. The van der Waals surface area contributed by atoms with E-state index in [1.54, 1.807) is 36.4 Å². The highest BCUT2D eigenvalue weighted by Crippen LogP contribution is 2.23. The molecule has 3 aromatic rings. The first-order valence-electron chi connectivity index (χ1n) is 13.7. The highest BCUT2D eigenvalue weighted by atomic mass is 19.2. The molecule has 0 aliphatic rings. The van der Waals surface area contributed by atoms with Crippen LogP contribution < -0.4 is 14.2 Å². The predicted molar refractivity (Wildman–Crippen MR) is 149 cm³/mol. The van der Waals surface area contributed by atoms with E-state index in [2.05, 4.69) is 0 Å². The van der Waals surface area contributed by atoms with Crippen molar-refractivity contribution in [1.82, 2.24) is 0 Å². The van der Waals surface area contributed by atoms with Crippen LogP contribution in [0.4, 0.5) is 8.78 Å². The fourth-order valence-corrected chi connectivity index (χ4v) is 3.85. The molecule has 7 nitrogen and oxygen atoms in total. The molecule has 0 N–H and O–H groups in total. The summed E-state index contributed by atoms with van der Waals surface area (Å²) in [7, 11) is 0. The molecule has 0 fully saturated rings. The lowest BCUT2D eigenvalue weighted by Gasteiger charge is -2.11. The minimum absolute atomic E-state index is 0.0117. The maximum Gasteiger partial charge on any atom is 0.343 e. The summed E-state index contributed by atoms with van der Waals surface area (Å²) in [5.41, 5.74) is 1.77. The molecule has 3 rings (SSSR count). The van der Waals surface area contributed by atoms with E-state index in [-0.39, 0.29) is 30.7 Å². The van der Waals surface area contributed by atoms with Crippen molar-refractivity contribution in [3.05, 3.63) is 89.0 Å². The van der Waals surface area contributed by atoms with Crippen LogP contribution in [0.25, 0.3) is 0 Å². The molecule has 220 valence electrons. The fraction of sp³-hybridized carbons (Fsp3) is 0.375. The molecule has 9 heteroatoms. The summed E-state index contributed by atoms with van der Waals surface area (Å²) in [6.45, 7) is 3.91. The second-order valence-corrected chi connectivity index (χ2v) is 9.35.